The second-order valence-electron chi connectivity index (χ2n) is 6.68. The molecule has 7 nitrogen and oxygen atoms in total. The maximum absolute atomic E-state index is 12.8. The molecule has 2 aromatic rings. The first-order valence-electron chi connectivity index (χ1n) is 9.44. The van der Waals surface area contributed by atoms with Crippen LogP contribution < -0.4 is 5.32 Å². The van der Waals surface area contributed by atoms with Gasteiger partial charge < -0.3 is 10.1 Å². The Kier molecular flexibility index (Phi) is 8.00. The molecule has 2 rings (SSSR count). The maximum atomic E-state index is 12.8. The third kappa shape index (κ3) is 5.59. The van der Waals surface area contributed by atoms with Gasteiger partial charge >= 0.3 is 5.97 Å². The van der Waals surface area contributed by atoms with Crippen LogP contribution in [0, 0.1) is 13.8 Å². The van der Waals surface area contributed by atoms with Crippen molar-refractivity contribution in [1.82, 2.24) is 4.31 Å². The zero-order valence-electron chi connectivity index (χ0n) is 17.4. The molecule has 0 saturated heterocycles. The second kappa shape index (κ2) is 10.1. The molecule has 0 aliphatic heterocycles. The van der Waals surface area contributed by atoms with Gasteiger partial charge in [0.2, 0.25) is 10.0 Å². The Labute approximate surface area is 182 Å². The van der Waals surface area contributed by atoms with E-state index in [1.54, 1.807) is 45.0 Å². The normalized spacial score (nSPS) is 11.4. The quantitative estimate of drug-likeness (QED) is 0.615. The van der Waals surface area contributed by atoms with E-state index in [4.69, 9.17) is 16.3 Å². The lowest BCUT2D eigenvalue weighted by molar-refractivity contribution is -0.119. The third-order valence-electron chi connectivity index (χ3n) is 4.48. The Morgan fingerprint density at radius 2 is 1.73 bits per heavy atom. The minimum absolute atomic E-state index is 0.0385. The van der Waals surface area contributed by atoms with E-state index in [2.05, 4.69) is 5.32 Å². The van der Waals surface area contributed by atoms with Crippen molar-refractivity contribution in [2.24, 2.45) is 0 Å². The number of nitrogens with zero attached hydrogens (tertiary/aromatic N) is 1. The van der Waals surface area contributed by atoms with Crippen LogP contribution in [-0.4, -0.2) is 44.3 Å². The number of amides is 1. The van der Waals surface area contributed by atoms with E-state index in [0.717, 1.165) is 5.56 Å². The number of hydrogen-bond acceptors (Lipinski definition) is 5. The summed E-state index contributed by atoms with van der Waals surface area (Å²) in [7, 11) is -3.74. The summed E-state index contributed by atoms with van der Waals surface area (Å²) in [6.07, 6.45) is 0. The van der Waals surface area contributed by atoms with Gasteiger partial charge in [-0.1, -0.05) is 37.6 Å². The number of sulfonamides is 1. The molecular formula is C21H25ClN2O5S. The van der Waals surface area contributed by atoms with Gasteiger partial charge in [0.05, 0.1) is 21.2 Å². The highest BCUT2D eigenvalue weighted by Crippen LogP contribution is 2.23. The van der Waals surface area contributed by atoms with Crippen molar-refractivity contribution in [2.75, 3.05) is 25.0 Å². The summed E-state index contributed by atoms with van der Waals surface area (Å²) < 4.78 is 32.0. The first-order valence-corrected chi connectivity index (χ1v) is 11.3. The highest BCUT2D eigenvalue weighted by atomic mass is 35.5. The summed E-state index contributed by atoms with van der Waals surface area (Å²) in [5, 5.41) is 2.94. The first kappa shape index (κ1) is 23.9. The van der Waals surface area contributed by atoms with Gasteiger partial charge in [-0.2, -0.15) is 4.31 Å². The van der Waals surface area contributed by atoms with Crippen LogP contribution in [0.5, 0.6) is 0 Å². The molecule has 0 radical (unpaired) electrons. The fourth-order valence-corrected chi connectivity index (χ4v) is 4.82. The molecule has 0 saturated carbocycles. The molecule has 1 amide bonds. The Bertz CT molecular complexity index is 1050. The molecule has 162 valence electrons. The van der Waals surface area contributed by atoms with Crippen molar-refractivity contribution in [1.29, 1.82) is 0 Å². The minimum atomic E-state index is -3.74. The van der Waals surface area contributed by atoms with Gasteiger partial charge in [0.15, 0.2) is 6.61 Å². The van der Waals surface area contributed by atoms with Crippen LogP contribution in [0.1, 0.15) is 35.3 Å². The minimum Gasteiger partial charge on any atom is -0.452 e. The van der Waals surface area contributed by atoms with Gasteiger partial charge in [0, 0.05) is 13.1 Å². The van der Waals surface area contributed by atoms with Crippen molar-refractivity contribution in [3.05, 3.63) is 58.1 Å². The van der Waals surface area contributed by atoms with E-state index < -0.39 is 28.5 Å². The lowest BCUT2D eigenvalue weighted by atomic mass is 10.1. The van der Waals surface area contributed by atoms with E-state index in [1.807, 2.05) is 6.92 Å². The number of rotatable bonds is 8. The predicted molar refractivity (Wildman–Crippen MR) is 116 cm³/mol. The zero-order valence-corrected chi connectivity index (χ0v) is 18.9. The standard InChI is InChI=1S/C21H25ClN2O5S/c1-5-24(6-2)30(27,28)19-12-16(9-8-15(19)4)21(26)29-13-20(25)23-18-10-7-14(3)11-17(18)22/h7-12H,5-6,13H2,1-4H3,(H,23,25). The summed E-state index contributed by atoms with van der Waals surface area (Å²) >= 11 is 6.07. The number of benzene rings is 2. The fraction of sp³-hybridized carbons (Fsp3) is 0.333. The van der Waals surface area contributed by atoms with Crippen LogP contribution in [0.2, 0.25) is 5.02 Å². The highest BCUT2D eigenvalue weighted by molar-refractivity contribution is 7.89. The molecule has 0 aliphatic carbocycles. The molecule has 0 spiro atoms. The van der Waals surface area contributed by atoms with Gasteiger partial charge in [-0.15, -0.1) is 0 Å². The summed E-state index contributed by atoms with van der Waals surface area (Å²) in [6, 6.07) is 9.43. The molecule has 9 heteroatoms. The summed E-state index contributed by atoms with van der Waals surface area (Å²) in [5.41, 5.74) is 1.92. The van der Waals surface area contributed by atoms with Gasteiger partial charge in [-0.3, -0.25) is 4.79 Å². The number of anilines is 1. The van der Waals surface area contributed by atoms with E-state index in [1.165, 1.54) is 16.4 Å². The Morgan fingerprint density at radius 1 is 1.07 bits per heavy atom. The largest absolute Gasteiger partial charge is 0.452 e. The molecular weight excluding hydrogens is 428 g/mol. The predicted octanol–water partition coefficient (Wildman–Crippen LogP) is 3.78. The molecule has 0 aromatic heterocycles. The molecule has 0 heterocycles. The Hall–Kier alpha value is -2.42. The highest BCUT2D eigenvalue weighted by Gasteiger charge is 2.25. The van der Waals surface area contributed by atoms with E-state index in [-0.39, 0.29) is 10.5 Å². The van der Waals surface area contributed by atoms with Gasteiger partial charge in [0.25, 0.3) is 5.91 Å². The molecule has 2 aromatic carbocycles. The number of carbonyl (C=O) groups is 2. The number of nitrogens with one attached hydrogen (secondary N) is 1. The number of hydrogen-bond donors (Lipinski definition) is 1. The Morgan fingerprint density at radius 3 is 2.33 bits per heavy atom. The van der Waals surface area contributed by atoms with Crippen LogP contribution in [0.4, 0.5) is 5.69 Å². The van der Waals surface area contributed by atoms with Crippen LogP contribution in [0.15, 0.2) is 41.3 Å². The number of esters is 1. The molecule has 0 bridgehead atoms. The Balaban J connectivity index is 2.11. The van der Waals surface area contributed by atoms with Gasteiger partial charge in [-0.05, 0) is 49.2 Å². The van der Waals surface area contributed by atoms with Crippen LogP contribution in [0.3, 0.4) is 0 Å². The summed E-state index contributed by atoms with van der Waals surface area (Å²) in [6.45, 7) is 7.11. The van der Waals surface area contributed by atoms with Crippen LogP contribution in [-0.2, 0) is 19.6 Å². The van der Waals surface area contributed by atoms with E-state index in [9.17, 15) is 18.0 Å². The molecule has 30 heavy (non-hydrogen) atoms. The first-order chi connectivity index (χ1) is 14.1. The SMILES string of the molecule is CCN(CC)S(=O)(=O)c1cc(C(=O)OCC(=O)Nc2ccc(C)cc2Cl)ccc1C. The lowest BCUT2D eigenvalue weighted by Gasteiger charge is -2.20. The second-order valence-corrected chi connectivity index (χ2v) is 8.99. The van der Waals surface area contributed by atoms with Crippen LogP contribution >= 0.6 is 11.6 Å². The van der Waals surface area contributed by atoms with Crippen molar-refractivity contribution < 1.29 is 22.7 Å². The van der Waals surface area contributed by atoms with Crippen molar-refractivity contribution in [3.8, 4) is 0 Å². The lowest BCUT2D eigenvalue weighted by Crippen LogP contribution is -2.31. The van der Waals surface area contributed by atoms with Crippen LogP contribution in [0.25, 0.3) is 0 Å². The molecule has 0 fully saturated rings. The smallest absolute Gasteiger partial charge is 0.338 e. The van der Waals surface area contributed by atoms with Crippen molar-refractivity contribution >= 4 is 39.2 Å². The number of halogens is 1. The number of aryl methyl sites for hydroxylation is 2. The number of ether oxygens (including phenoxy) is 1. The molecule has 0 atom stereocenters. The van der Waals surface area contributed by atoms with Gasteiger partial charge in [-0.25, -0.2) is 13.2 Å². The zero-order chi connectivity index (χ0) is 22.5. The maximum Gasteiger partial charge on any atom is 0.338 e. The van der Waals surface area contributed by atoms with E-state index >= 15 is 0 Å². The fourth-order valence-electron chi connectivity index (χ4n) is 2.83. The summed E-state index contributed by atoms with van der Waals surface area (Å²) in [5.74, 6) is -1.35. The number of carbonyl (C=O) groups excluding carboxylic acids is 2. The van der Waals surface area contributed by atoms with E-state index in [0.29, 0.717) is 29.4 Å². The topological polar surface area (TPSA) is 92.8 Å². The van der Waals surface area contributed by atoms with Gasteiger partial charge in [0.1, 0.15) is 0 Å². The average molecular weight is 453 g/mol. The summed E-state index contributed by atoms with van der Waals surface area (Å²) in [4.78, 5) is 24.5. The average Bonchev–Trinajstić information content (AvgIpc) is 2.69. The molecule has 1 N–H and O–H groups in total. The molecule has 0 aliphatic rings. The molecule has 0 unspecified atom stereocenters. The third-order valence-corrected chi connectivity index (χ3v) is 6.98. The monoisotopic (exact) mass is 452 g/mol. The van der Waals surface area contributed by atoms with Crippen molar-refractivity contribution in [2.45, 2.75) is 32.6 Å². The van der Waals surface area contributed by atoms with Crippen molar-refractivity contribution in [3.63, 3.8) is 0 Å².